The summed E-state index contributed by atoms with van der Waals surface area (Å²) in [7, 11) is 0. The molecule has 1 aliphatic carbocycles. The van der Waals surface area contributed by atoms with Crippen LogP contribution in [0.3, 0.4) is 0 Å². The van der Waals surface area contributed by atoms with Gasteiger partial charge in [-0.05, 0) is 30.2 Å². The molecule has 0 amide bonds. The smallest absolute Gasteiger partial charge is 0.122 e. The average Bonchev–Trinajstić information content (AvgIpc) is 2.76. The van der Waals surface area contributed by atoms with Crippen LogP contribution in [0.25, 0.3) is 10.6 Å². The zero-order valence-electron chi connectivity index (χ0n) is 8.39. The fourth-order valence-corrected chi connectivity index (χ4v) is 2.35. The van der Waals surface area contributed by atoms with Gasteiger partial charge in [-0.1, -0.05) is 6.07 Å². The highest BCUT2D eigenvalue weighted by Gasteiger charge is 2.23. The number of rotatable bonds is 3. The first-order valence-electron chi connectivity index (χ1n) is 5.20. The molecule has 0 aliphatic heterocycles. The molecule has 2 aromatic heterocycles. The van der Waals surface area contributed by atoms with Crippen molar-refractivity contribution in [1.29, 1.82) is 0 Å². The van der Waals surface area contributed by atoms with E-state index in [0.29, 0.717) is 0 Å². The van der Waals surface area contributed by atoms with Crippen molar-refractivity contribution in [3.63, 3.8) is 0 Å². The Morgan fingerprint density at radius 2 is 2.40 bits per heavy atom. The number of hydrogen-bond acceptors (Lipinski definition) is 3. The minimum absolute atomic E-state index is 0.783. The van der Waals surface area contributed by atoms with E-state index >= 15 is 0 Å². The minimum Gasteiger partial charge on any atom is -0.384 e. The number of thiophene rings is 1. The number of hydrogen-bond donors (Lipinski definition) is 1. The van der Waals surface area contributed by atoms with Crippen molar-refractivity contribution in [2.75, 3.05) is 5.73 Å². The predicted molar refractivity (Wildman–Crippen MR) is 62.7 cm³/mol. The van der Waals surface area contributed by atoms with Gasteiger partial charge in [-0.15, -0.1) is 11.3 Å². The molecule has 1 fully saturated rings. The summed E-state index contributed by atoms with van der Waals surface area (Å²) >= 11 is 1.70. The van der Waals surface area contributed by atoms with Crippen molar-refractivity contribution in [1.82, 2.24) is 9.78 Å². The summed E-state index contributed by atoms with van der Waals surface area (Å²) < 4.78 is 1.94. The number of aromatic nitrogens is 2. The Bertz CT molecular complexity index is 454. The van der Waals surface area contributed by atoms with E-state index in [1.165, 1.54) is 17.7 Å². The van der Waals surface area contributed by atoms with Gasteiger partial charge in [0.1, 0.15) is 11.5 Å². The van der Waals surface area contributed by atoms with E-state index in [0.717, 1.165) is 24.0 Å². The molecule has 0 bridgehead atoms. The van der Waals surface area contributed by atoms with Gasteiger partial charge in [-0.2, -0.15) is 5.10 Å². The lowest BCUT2D eigenvalue weighted by Gasteiger charge is -2.00. The first-order valence-corrected chi connectivity index (χ1v) is 6.08. The van der Waals surface area contributed by atoms with E-state index in [-0.39, 0.29) is 0 Å². The number of nitrogens with zero attached hydrogens (tertiary/aromatic N) is 2. The Balaban J connectivity index is 1.90. The molecule has 3 nitrogen and oxygen atoms in total. The van der Waals surface area contributed by atoms with Crippen molar-refractivity contribution in [2.24, 2.45) is 5.92 Å². The van der Waals surface area contributed by atoms with E-state index in [4.69, 9.17) is 5.73 Å². The fourth-order valence-electron chi connectivity index (χ4n) is 1.67. The molecular formula is C11H13N3S. The fraction of sp³-hybridized carbons (Fsp3) is 0.364. The van der Waals surface area contributed by atoms with E-state index < -0.39 is 0 Å². The van der Waals surface area contributed by atoms with E-state index in [1.54, 1.807) is 11.3 Å². The molecular weight excluding hydrogens is 206 g/mol. The highest BCUT2D eigenvalue weighted by Crippen LogP contribution is 2.32. The monoisotopic (exact) mass is 219 g/mol. The van der Waals surface area contributed by atoms with E-state index in [1.807, 2.05) is 16.8 Å². The molecule has 0 saturated heterocycles. The standard InChI is InChI=1S/C11H13N3S/c12-11-6-9(10-2-1-5-15-10)13-14(11)7-8-3-4-8/h1-2,5-6,8H,3-4,7,12H2. The molecule has 2 aromatic rings. The zero-order valence-corrected chi connectivity index (χ0v) is 9.20. The second kappa shape index (κ2) is 3.38. The van der Waals surface area contributed by atoms with Crippen molar-refractivity contribution in [3.05, 3.63) is 23.6 Å². The predicted octanol–water partition coefficient (Wildman–Crippen LogP) is 2.60. The average molecular weight is 219 g/mol. The summed E-state index contributed by atoms with van der Waals surface area (Å²) in [6.07, 6.45) is 2.65. The second-order valence-corrected chi connectivity index (χ2v) is 5.00. The summed E-state index contributed by atoms with van der Waals surface area (Å²) in [6, 6.07) is 6.08. The zero-order chi connectivity index (χ0) is 10.3. The van der Waals surface area contributed by atoms with Gasteiger partial charge in [0.25, 0.3) is 0 Å². The lowest BCUT2D eigenvalue weighted by molar-refractivity contribution is 0.572. The largest absolute Gasteiger partial charge is 0.384 e. The van der Waals surface area contributed by atoms with Crippen molar-refractivity contribution >= 4 is 17.2 Å². The van der Waals surface area contributed by atoms with Gasteiger partial charge in [0, 0.05) is 12.6 Å². The first-order chi connectivity index (χ1) is 7.33. The minimum atomic E-state index is 0.783. The Morgan fingerprint density at radius 3 is 3.07 bits per heavy atom. The van der Waals surface area contributed by atoms with Gasteiger partial charge < -0.3 is 5.73 Å². The molecule has 1 saturated carbocycles. The molecule has 3 rings (SSSR count). The maximum Gasteiger partial charge on any atom is 0.122 e. The van der Waals surface area contributed by atoms with Crippen LogP contribution in [0.4, 0.5) is 5.82 Å². The van der Waals surface area contributed by atoms with Crippen LogP contribution in [0.2, 0.25) is 0 Å². The van der Waals surface area contributed by atoms with Gasteiger partial charge in [-0.3, -0.25) is 0 Å². The topological polar surface area (TPSA) is 43.8 Å². The maximum atomic E-state index is 5.93. The molecule has 2 N–H and O–H groups in total. The van der Waals surface area contributed by atoms with E-state index in [2.05, 4.69) is 16.5 Å². The van der Waals surface area contributed by atoms with Gasteiger partial charge in [0.05, 0.1) is 4.88 Å². The van der Waals surface area contributed by atoms with Crippen LogP contribution >= 0.6 is 11.3 Å². The first kappa shape index (κ1) is 8.97. The quantitative estimate of drug-likeness (QED) is 0.862. The normalized spacial score (nSPS) is 15.7. The lowest BCUT2D eigenvalue weighted by Crippen LogP contribution is -2.05. The Hall–Kier alpha value is -1.29. The SMILES string of the molecule is Nc1cc(-c2cccs2)nn1CC1CC1. The van der Waals surface area contributed by atoms with Crippen LogP contribution < -0.4 is 5.73 Å². The van der Waals surface area contributed by atoms with Crippen molar-refractivity contribution < 1.29 is 0 Å². The molecule has 78 valence electrons. The van der Waals surface area contributed by atoms with Gasteiger partial charge >= 0.3 is 0 Å². The summed E-state index contributed by atoms with van der Waals surface area (Å²) in [5.41, 5.74) is 6.93. The molecule has 2 heterocycles. The molecule has 0 atom stereocenters. The third-order valence-electron chi connectivity index (χ3n) is 2.71. The molecule has 0 unspecified atom stereocenters. The molecule has 15 heavy (non-hydrogen) atoms. The maximum absolute atomic E-state index is 5.93. The Kier molecular flexibility index (Phi) is 2.02. The third kappa shape index (κ3) is 1.77. The van der Waals surface area contributed by atoms with Gasteiger partial charge in [0.15, 0.2) is 0 Å². The van der Waals surface area contributed by atoms with Crippen LogP contribution in [0.15, 0.2) is 23.6 Å². The molecule has 0 radical (unpaired) electrons. The van der Waals surface area contributed by atoms with Crippen LogP contribution in [-0.4, -0.2) is 9.78 Å². The van der Waals surface area contributed by atoms with Crippen LogP contribution in [0, 0.1) is 5.92 Å². The lowest BCUT2D eigenvalue weighted by atomic mass is 10.3. The Labute approximate surface area is 92.5 Å². The number of nitrogens with two attached hydrogens (primary N) is 1. The van der Waals surface area contributed by atoms with Crippen LogP contribution in [-0.2, 0) is 6.54 Å². The summed E-state index contributed by atoms with van der Waals surface area (Å²) in [5, 5.41) is 6.60. The molecule has 0 aromatic carbocycles. The highest BCUT2D eigenvalue weighted by atomic mass is 32.1. The summed E-state index contributed by atoms with van der Waals surface area (Å²) in [5.74, 6) is 1.59. The number of nitrogen functional groups attached to an aromatic ring is 1. The van der Waals surface area contributed by atoms with E-state index in [9.17, 15) is 0 Å². The summed E-state index contributed by atoms with van der Waals surface area (Å²) in [4.78, 5) is 1.19. The van der Waals surface area contributed by atoms with Crippen LogP contribution in [0.1, 0.15) is 12.8 Å². The Morgan fingerprint density at radius 1 is 1.53 bits per heavy atom. The molecule has 4 heteroatoms. The molecule has 0 spiro atoms. The highest BCUT2D eigenvalue weighted by molar-refractivity contribution is 7.13. The van der Waals surface area contributed by atoms with Crippen molar-refractivity contribution in [3.8, 4) is 10.6 Å². The second-order valence-electron chi connectivity index (χ2n) is 4.06. The molecule has 1 aliphatic rings. The van der Waals surface area contributed by atoms with Gasteiger partial charge in [-0.25, -0.2) is 4.68 Å². The van der Waals surface area contributed by atoms with Crippen molar-refractivity contribution in [2.45, 2.75) is 19.4 Å². The van der Waals surface area contributed by atoms with Gasteiger partial charge in [0.2, 0.25) is 0 Å². The summed E-state index contributed by atoms with van der Waals surface area (Å²) in [6.45, 7) is 0.983. The van der Waals surface area contributed by atoms with Crippen LogP contribution in [0.5, 0.6) is 0 Å². The third-order valence-corrected chi connectivity index (χ3v) is 3.61. The number of anilines is 1.